The molecule has 0 fully saturated rings. The molecule has 0 aliphatic rings. The van der Waals surface area contributed by atoms with Crippen LogP contribution >= 0.6 is 12.6 Å². The molecule has 0 radical (unpaired) electrons. The molecule has 4 amide bonds. The molecular weight excluding hydrogens is 520 g/mol. The average molecular weight is 551 g/mol. The summed E-state index contributed by atoms with van der Waals surface area (Å²) in [5.74, 6) is -6.33. The Labute approximate surface area is 222 Å². The Balaban J connectivity index is 2.34. The summed E-state index contributed by atoms with van der Waals surface area (Å²) in [7, 11) is 0. The number of benzene rings is 1. The van der Waals surface area contributed by atoms with Crippen molar-refractivity contribution < 1.29 is 39.0 Å². The first kappa shape index (κ1) is 30.1. The highest BCUT2D eigenvalue weighted by Gasteiger charge is 2.31. The lowest BCUT2D eigenvalue weighted by molar-refractivity contribution is -0.143. The Kier molecular flexibility index (Phi) is 11.1. The molecule has 0 aliphatic heterocycles. The summed E-state index contributed by atoms with van der Waals surface area (Å²) < 4.78 is 0. The van der Waals surface area contributed by atoms with Crippen molar-refractivity contribution in [2.45, 2.75) is 49.9 Å². The number of carbonyl (C=O) groups is 6. The number of rotatable bonds is 15. The summed E-state index contributed by atoms with van der Waals surface area (Å²) in [6, 6.07) is 1.65. The number of nitrogens with two attached hydrogens (primary N) is 2. The van der Waals surface area contributed by atoms with E-state index in [-0.39, 0.29) is 18.6 Å². The minimum absolute atomic E-state index is 0.0405. The molecule has 0 saturated heterocycles. The van der Waals surface area contributed by atoms with Gasteiger partial charge in [-0.25, -0.2) is 4.79 Å². The number of aromatic amines is 1. The largest absolute Gasteiger partial charge is 0.481 e. The van der Waals surface area contributed by atoms with Crippen LogP contribution in [0.25, 0.3) is 10.9 Å². The predicted molar refractivity (Wildman–Crippen MR) is 138 cm³/mol. The fraction of sp³-hybridized carbons (Fsp3) is 0.391. The molecule has 10 N–H and O–H groups in total. The number of primary amides is 1. The maximum Gasteiger partial charge on any atom is 0.326 e. The van der Waals surface area contributed by atoms with Crippen molar-refractivity contribution in [1.82, 2.24) is 20.9 Å². The fourth-order valence-electron chi connectivity index (χ4n) is 3.57. The quantitative estimate of drug-likeness (QED) is 0.114. The van der Waals surface area contributed by atoms with Crippen LogP contribution in [0.5, 0.6) is 0 Å². The maximum atomic E-state index is 13.1. The summed E-state index contributed by atoms with van der Waals surface area (Å²) >= 11 is 3.93. The zero-order valence-corrected chi connectivity index (χ0v) is 21.1. The smallest absolute Gasteiger partial charge is 0.326 e. The molecule has 2 rings (SSSR count). The maximum absolute atomic E-state index is 13.1. The minimum atomic E-state index is -1.65. The van der Waals surface area contributed by atoms with Crippen molar-refractivity contribution in [3.05, 3.63) is 36.0 Å². The first-order chi connectivity index (χ1) is 17.9. The summed E-state index contributed by atoms with van der Waals surface area (Å²) in [6.07, 6.45) is 0.0269. The van der Waals surface area contributed by atoms with Crippen molar-refractivity contribution in [2.75, 3.05) is 5.75 Å². The number of aromatic nitrogens is 1. The van der Waals surface area contributed by atoms with Gasteiger partial charge in [0, 0.05) is 35.7 Å². The Morgan fingerprint density at radius 3 is 2.13 bits per heavy atom. The van der Waals surface area contributed by atoms with Crippen LogP contribution in [0.2, 0.25) is 0 Å². The number of amides is 4. The summed E-state index contributed by atoms with van der Waals surface area (Å²) in [5.41, 5.74) is 12.1. The molecule has 1 aromatic carbocycles. The molecule has 4 unspecified atom stereocenters. The van der Waals surface area contributed by atoms with Crippen LogP contribution in [0.1, 0.15) is 24.8 Å². The Hall–Kier alpha value is -4.11. The van der Waals surface area contributed by atoms with E-state index < -0.39 is 72.6 Å². The van der Waals surface area contributed by atoms with E-state index in [0.29, 0.717) is 5.56 Å². The monoisotopic (exact) mass is 550 g/mol. The highest BCUT2D eigenvalue weighted by atomic mass is 32.1. The van der Waals surface area contributed by atoms with Crippen LogP contribution in [0.15, 0.2) is 30.5 Å². The van der Waals surface area contributed by atoms with Crippen molar-refractivity contribution in [2.24, 2.45) is 11.5 Å². The number of fused-ring (bicyclic) bond motifs is 1. The normalized spacial score (nSPS) is 14.1. The first-order valence-corrected chi connectivity index (χ1v) is 12.1. The lowest BCUT2D eigenvalue weighted by atomic mass is 10.0. The van der Waals surface area contributed by atoms with Gasteiger partial charge < -0.3 is 42.6 Å². The van der Waals surface area contributed by atoms with Crippen molar-refractivity contribution in [1.29, 1.82) is 0 Å². The Morgan fingerprint density at radius 2 is 1.53 bits per heavy atom. The highest BCUT2D eigenvalue weighted by molar-refractivity contribution is 7.80. The number of thiol groups is 1. The zero-order chi connectivity index (χ0) is 28.4. The number of hydrogen-bond acceptors (Lipinski definition) is 8. The van der Waals surface area contributed by atoms with Crippen molar-refractivity contribution >= 4 is 59.1 Å². The number of H-pyrrole nitrogens is 1. The lowest BCUT2D eigenvalue weighted by Crippen LogP contribution is -2.58. The minimum Gasteiger partial charge on any atom is -0.481 e. The van der Waals surface area contributed by atoms with E-state index in [1.165, 1.54) is 0 Å². The van der Waals surface area contributed by atoms with E-state index in [9.17, 15) is 33.9 Å². The first-order valence-electron chi connectivity index (χ1n) is 11.5. The second-order valence-corrected chi connectivity index (χ2v) is 8.84. The molecule has 0 aliphatic carbocycles. The van der Waals surface area contributed by atoms with Crippen LogP contribution in [0.4, 0.5) is 0 Å². The van der Waals surface area contributed by atoms with Gasteiger partial charge in [-0.1, -0.05) is 18.2 Å². The van der Waals surface area contributed by atoms with Gasteiger partial charge in [0.15, 0.2) is 0 Å². The molecule has 206 valence electrons. The lowest BCUT2D eigenvalue weighted by Gasteiger charge is -2.25. The van der Waals surface area contributed by atoms with E-state index in [2.05, 4.69) is 33.6 Å². The van der Waals surface area contributed by atoms with Gasteiger partial charge in [-0.15, -0.1) is 0 Å². The standard InChI is InChI=1S/C23H30N6O8S/c24-13(10-38)20(33)27-15(5-6-19(31)32)21(34)28-16(22(35)29-17(23(36)37)8-18(25)30)7-11-9-26-14-4-2-1-3-12(11)14/h1-4,9,13,15-17,26,38H,5-8,10,24H2,(H2,25,30)(H,27,33)(H,28,34)(H,29,35)(H,31,32)(H,36,37). The van der Waals surface area contributed by atoms with Crippen LogP contribution in [-0.2, 0) is 35.2 Å². The van der Waals surface area contributed by atoms with Crippen LogP contribution < -0.4 is 27.4 Å². The number of para-hydroxylation sites is 1. The molecule has 38 heavy (non-hydrogen) atoms. The van der Waals surface area contributed by atoms with E-state index in [0.717, 1.165) is 10.9 Å². The van der Waals surface area contributed by atoms with Crippen molar-refractivity contribution in [3.8, 4) is 0 Å². The van der Waals surface area contributed by atoms with Gasteiger partial charge in [0.2, 0.25) is 23.6 Å². The number of carbonyl (C=O) groups excluding carboxylic acids is 4. The summed E-state index contributed by atoms with van der Waals surface area (Å²) in [5, 5.41) is 26.2. The number of aliphatic carboxylic acids is 2. The second kappa shape index (κ2) is 14.0. The third-order valence-electron chi connectivity index (χ3n) is 5.57. The Morgan fingerprint density at radius 1 is 0.921 bits per heavy atom. The van der Waals surface area contributed by atoms with Crippen LogP contribution in [0, 0.1) is 0 Å². The van der Waals surface area contributed by atoms with Crippen LogP contribution in [-0.4, -0.2) is 80.7 Å². The van der Waals surface area contributed by atoms with Gasteiger partial charge in [0.05, 0.1) is 12.5 Å². The molecule has 2 aromatic rings. The molecule has 15 heteroatoms. The SMILES string of the molecule is NC(=O)CC(NC(=O)C(Cc1c[nH]c2ccccc12)NC(=O)C(CCC(=O)O)NC(=O)C(N)CS)C(=O)O. The number of nitrogens with one attached hydrogen (secondary N) is 4. The number of carboxylic acids is 2. The van der Waals surface area contributed by atoms with E-state index in [1.54, 1.807) is 30.5 Å². The fourth-order valence-corrected chi connectivity index (χ4v) is 3.74. The molecule has 0 spiro atoms. The molecule has 4 atom stereocenters. The second-order valence-electron chi connectivity index (χ2n) is 8.48. The van der Waals surface area contributed by atoms with Gasteiger partial charge in [0.1, 0.15) is 18.1 Å². The average Bonchev–Trinajstić information content (AvgIpc) is 3.27. The molecule has 0 saturated carbocycles. The molecular formula is C23H30N6O8S. The highest BCUT2D eigenvalue weighted by Crippen LogP contribution is 2.19. The molecule has 14 nitrogen and oxygen atoms in total. The van der Waals surface area contributed by atoms with Crippen molar-refractivity contribution in [3.63, 3.8) is 0 Å². The molecule has 1 heterocycles. The zero-order valence-electron chi connectivity index (χ0n) is 20.2. The van der Waals surface area contributed by atoms with Gasteiger partial charge in [-0.2, -0.15) is 12.6 Å². The van der Waals surface area contributed by atoms with Crippen LogP contribution in [0.3, 0.4) is 0 Å². The third-order valence-corrected chi connectivity index (χ3v) is 5.96. The van der Waals surface area contributed by atoms with Gasteiger partial charge >= 0.3 is 11.9 Å². The topological polar surface area (TPSA) is 247 Å². The van der Waals surface area contributed by atoms with E-state index in [1.807, 2.05) is 0 Å². The van der Waals surface area contributed by atoms with Gasteiger partial charge in [0.25, 0.3) is 0 Å². The third kappa shape index (κ3) is 8.77. The molecule has 1 aromatic heterocycles. The predicted octanol–water partition coefficient (Wildman–Crippen LogP) is -1.75. The summed E-state index contributed by atoms with van der Waals surface area (Å²) in [6.45, 7) is 0. The number of hydrogen-bond donors (Lipinski definition) is 9. The number of carboxylic acid groups (broad SMARTS) is 2. The van der Waals surface area contributed by atoms with Gasteiger partial charge in [-0.3, -0.25) is 24.0 Å². The van der Waals surface area contributed by atoms with E-state index >= 15 is 0 Å². The summed E-state index contributed by atoms with van der Waals surface area (Å²) in [4.78, 5) is 75.5. The van der Waals surface area contributed by atoms with Gasteiger partial charge in [-0.05, 0) is 18.1 Å². The Bertz CT molecular complexity index is 1200. The molecule has 0 bridgehead atoms. The van der Waals surface area contributed by atoms with E-state index in [4.69, 9.17) is 16.6 Å².